The minimum Gasteiger partial charge on any atom is -0.323 e. The Morgan fingerprint density at radius 2 is 1.70 bits per heavy atom. The first kappa shape index (κ1) is 20.4. The summed E-state index contributed by atoms with van der Waals surface area (Å²) >= 11 is 1.33. The molecule has 1 aromatic heterocycles. The van der Waals surface area contributed by atoms with Gasteiger partial charge in [-0.15, -0.1) is 0 Å². The lowest BCUT2D eigenvalue weighted by Gasteiger charge is -2.34. The average Bonchev–Trinajstić information content (AvgIpc) is 2.96. The van der Waals surface area contributed by atoms with Crippen molar-refractivity contribution in [3.05, 3.63) is 48.3 Å². The summed E-state index contributed by atoms with van der Waals surface area (Å²) in [4.78, 5) is 47.5. The summed E-state index contributed by atoms with van der Waals surface area (Å²) in [5, 5.41) is 3.10. The highest BCUT2D eigenvalue weighted by molar-refractivity contribution is 7.99. The van der Waals surface area contributed by atoms with Crippen LogP contribution in [0.1, 0.15) is 36.0 Å². The Labute approximate surface area is 175 Å². The van der Waals surface area contributed by atoms with Gasteiger partial charge in [0, 0.05) is 35.7 Å². The van der Waals surface area contributed by atoms with Crippen molar-refractivity contribution >= 4 is 29.5 Å². The summed E-state index contributed by atoms with van der Waals surface area (Å²) in [5.74, 6) is -3.85. The highest BCUT2D eigenvalue weighted by Gasteiger charge is 2.55. The number of nitrogens with one attached hydrogen (secondary N) is 1. The van der Waals surface area contributed by atoms with Crippen LogP contribution in [0.5, 0.6) is 0 Å². The average molecular weight is 432 g/mol. The number of amides is 3. The van der Waals surface area contributed by atoms with E-state index in [0.717, 1.165) is 9.80 Å². The molecule has 2 aromatic rings. The number of alkyl halides is 2. The van der Waals surface area contributed by atoms with E-state index >= 15 is 0 Å². The number of nitrogens with zero attached hydrogens (tertiary/aromatic N) is 3. The molecule has 3 amide bonds. The SMILES string of the molecule is O=C(CN1C(=O)NC2(CCC(F)(F)CC2)C1=O)c1ccc(Sc2ncccn2)cc1. The Kier molecular flexibility index (Phi) is 5.27. The molecule has 1 aliphatic heterocycles. The maximum Gasteiger partial charge on any atom is 0.325 e. The highest BCUT2D eigenvalue weighted by Crippen LogP contribution is 2.41. The topological polar surface area (TPSA) is 92.3 Å². The lowest BCUT2D eigenvalue weighted by Crippen LogP contribution is -2.51. The van der Waals surface area contributed by atoms with Crippen molar-refractivity contribution in [3.8, 4) is 0 Å². The number of rotatable bonds is 5. The van der Waals surface area contributed by atoms with Crippen LogP contribution in [-0.4, -0.2) is 50.6 Å². The van der Waals surface area contributed by atoms with Crippen LogP contribution < -0.4 is 5.32 Å². The van der Waals surface area contributed by atoms with Crippen LogP contribution in [0.25, 0.3) is 0 Å². The molecule has 7 nitrogen and oxygen atoms in total. The fourth-order valence-electron chi connectivity index (χ4n) is 3.59. The lowest BCUT2D eigenvalue weighted by molar-refractivity contribution is -0.135. The van der Waals surface area contributed by atoms with E-state index in [9.17, 15) is 23.2 Å². The zero-order valence-corrected chi connectivity index (χ0v) is 16.6. The molecule has 1 aromatic carbocycles. The van der Waals surface area contributed by atoms with Crippen molar-refractivity contribution in [2.45, 2.75) is 47.2 Å². The van der Waals surface area contributed by atoms with Gasteiger partial charge in [-0.05, 0) is 42.8 Å². The van der Waals surface area contributed by atoms with Crippen molar-refractivity contribution in [1.29, 1.82) is 0 Å². The molecule has 156 valence electrons. The number of Topliss-reactive ketones (excluding diaryl/α,β-unsaturated/α-hetero) is 1. The summed E-state index contributed by atoms with van der Waals surface area (Å²) in [6.07, 6.45) is 2.05. The molecule has 0 bridgehead atoms. The van der Waals surface area contributed by atoms with E-state index in [1.807, 2.05) is 0 Å². The molecule has 1 saturated heterocycles. The summed E-state index contributed by atoms with van der Waals surface area (Å²) in [5.41, 5.74) is -0.986. The van der Waals surface area contributed by atoms with Gasteiger partial charge in [-0.1, -0.05) is 12.1 Å². The van der Waals surface area contributed by atoms with Gasteiger partial charge in [-0.25, -0.2) is 23.5 Å². The van der Waals surface area contributed by atoms with Crippen LogP contribution >= 0.6 is 11.8 Å². The molecule has 0 radical (unpaired) electrons. The fraction of sp³-hybridized carbons (Fsp3) is 0.350. The number of benzene rings is 1. The van der Waals surface area contributed by atoms with Gasteiger partial charge in [0.05, 0.1) is 6.54 Å². The minimum absolute atomic E-state index is 0.136. The van der Waals surface area contributed by atoms with Gasteiger partial charge in [0.1, 0.15) is 5.54 Å². The number of imide groups is 1. The number of carbonyl (C=O) groups is 3. The minimum atomic E-state index is -2.83. The molecule has 30 heavy (non-hydrogen) atoms. The van der Waals surface area contributed by atoms with Crippen LogP contribution in [-0.2, 0) is 4.79 Å². The summed E-state index contributed by atoms with van der Waals surface area (Å²) < 4.78 is 26.9. The highest BCUT2D eigenvalue weighted by atomic mass is 32.2. The zero-order chi connectivity index (χ0) is 21.4. The van der Waals surface area contributed by atoms with Gasteiger partial charge < -0.3 is 5.32 Å². The smallest absolute Gasteiger partial charge is 0.323 e. The first-order chi connectivity index (χ1) is 14.3. The van der Waals surface area contributed by atoms with E-state index < -0.39 is 48.6 Å². The largest absolute Gasteiger partial charge is 0.325 e. The third kappa shape index (κ3) is 4.04. The van der Waals surface area contributed by atoms with Gasteiger partial charge in [0.2, 0.25) is 5.92 Å². The van der Waals surface area contributed by atoms with Crippen LogP contribution in [0.4, 0.5) is 13.6 Å². The lowest BCUT2D eigenvalue weighted by atomic mass is 9.80. The maximum absolute atomic E-state index is 13.5. The number of ketones is 1. The maximum atomic E-state index is 13.5. The normalized spacial score (nSPS) is 19.7. The number of hydrogen-bond donors (Lipinski definition) is 1. The van der Waals surface area contributed by atoms with Gasteiger partial charge in [0.15, 0.2) is 10.9 Å². The Morgan fingerprint density at radius 3 is 2.33 bits per heavy atom. The molecule has 0 atom stereocenters. The van der Waals surface area contributed by atoms with Crippen molar-refractivity contribution in [1.82, 2.24) is 20.2 Å². The molecule has 1 saturated carbocycles. The van der Waals surface area contributed by atoms with Gasteiger partial charge in [-0.3, -0.25) is 14.5 Å². The van der Waals surface area contributed by atoms with E-state index in [-0.39, 0.29) is 12.8 Å². The molecule has 1 N–H and O–H groups in total. The molecule has 2 heterocycles. The molecule has 10 heteroatoms. The second-order valence-corrected chi connectivity index (χ2v) is 8.38. The van der Waals surface area contributed by atoms with Crippen molar-refractivity contribution in [2.24, 2.45) is 0 Å². The fourth-order valence-corrected chi connectivity index (χ4v) is 4.30. The summed E-state index contributed by atoms with van der Waals surface area (Å²) in [7, 11) is 0. The molecule has 2 aliphatic rings. The predicted octanol–water partition coefficient (Wildman–Crippen LogP) is 3.31. The number of urea groups is 1. The van der Waals surface area contributed by atoms with Gasteiger partial charge >= 0.3 is 6.03 Å². The van der Waals surface area contributed by atoms with Crippen molar-refractivity contribution in [2.75, 3.05) is 6.54 Å². The van der Waals surface area contributed by atoms with Crippen LogP contribution in [0, 0.1) is 0 Å². The number of aromatic nitrogens is 2. The van der Waals surface area contributed by atoms with Crippen molar-refractivity contribution < 1.29 is 23.2 Å². The number of carbonyl (C=O) groups excluding carboxylic acids is 3. The molecule has 4 rings (SSSR count). The summed E-state index contributed by atoms with van der Waals surface area (Å²) in [6, 6.07) is 7.65. The molecule has 0 unspecified atom stereocenters. The van der Waals surface area contributed by atoms with Crippen LogP contribution in [0.3, 0.4) is 0 Å². The Morgan fingerprint density at radius 1 is 1.07 bits per heavy atom. The van der Waals surface area contributed by atoms with Gasteiger partial charge in [0.25, 0.3) is 5.91 Å². The van der Waals surface area contributed by atoms with E-state index in [1.165, 1.54) is 11.8 Å². The van der Waals surface area contributed by atoms with E-state index in [4.69, 9.17) is 0 Å². The first-order valence-electron chi connectivity index (χ1n) is 9.38. The molecular formula is C20H18F2N4O3S. The Bertz CT molecular complexity index is 975. The Balaban J connectivity index is 1.41. The molecule has 1 spiro atoms. The van der Waals surface area contributed by atoms with Crippen LogP contribution in [0.2, 0.25) is 0 Å². The number of hydrogen-bond acceptors (Lipinski definition) is 6. The summed E-state index contributed by atoms with van der Waals surface area (Å²) in [6.45, 7) is -0.433. The zero-order valence-electron chi connectivity index (χ0n) is 15.8. The Hall–Kier alpha value is -2.88. The third-order valence-electron chi connectivity index (χ3n) is 5.31. The second-order valence-electron chi connectivity index (χ2n) is 7.34. The molecule has 2 fully saturated rings. The number of halogens is 2. The van der Waals surface area contributed by atoms with Gasteiger partial charge in [-0.2, -0.15) is 0 Å². The predicted molar refractivity (Wildman–Crippen MR) is 103 cm³/mol. The van der Waals surface area contributed by atoms with E-state index in [2.05, 4.69) is 15.3 Å². The quantitative estimate of drug-likeness (QED) is 0.443. The molecule has 1 aliphatic carbocycles. The van der Waals surface area contributed by atoms with E-state index in [0.29, 0.717) is 10.7 Å². The van der Waals surface area contributed by atoms with Crippen molar-refractivity contribution in [3.63, 3.8) is 0 Å². The van der Waals surface area contributed by atoms with Crippen LogP contribution in [0.15, 0.2) is 52.8 Å². The monoisotopic (exact) mass is 432 g/mol. The first-order valence-corrected chi connectivity index (χ1v) is 10.2. The third-order valence-corrected chi connectivity index (χ3v) is 6.21. The second kappa shape index (κ2) is 7.75. The molecular weight excluding hydrogens is 414 g/mol. The van der Waals surface area contributed by atoms with E-state index in [1.54, 1.807) is 42.7 Å². The standard InChI is InChI=1S/C20H18F2N4O3S/c21-20(22)8-6-19(7-9-20)16(28)26(18(29)25-19)12-15(27)13-2-4-14(5-3-13)30-17-23-10-1-11-24-17/h1-5,10-11H,6-9,12H2,(H,25,29).